The second kappa shape index (κ2) is 68.3. The second-order valence-electron chi connectivity index (χ2n) is 22.3. The fourth-order valence-electron chi connectivity index (χ4n) is 9.40. The third kappa shape index (κ3) is 66.5. The van der Waals surface area contributed by atoms with Gasteiger partial charge in [-0.05, 0) is 128 Å². The summed E-state index contributed by atoms with van der Waals surface area (Å²) in [6.45, 7) is 6.38. The fraction of sp³-hybridized carbons (Fsp3) is 0.693. The smallest absolute Gasteiger partial charge is 0.306 e. The van der Waals surface area contributed by atoms with Crippen LogP contribution in [0.3, 0.4) is 0 Å². The maximum absolute atomic E-state index is 12.9. The predicted molar refractivity (Wildman–Crippen MR) is 353 cm³/mol. The van der Waals surface area contributed by atoms with E-state index in [2.05, 4.69) is 142 Å². The molecule has 0 aromatic rings. The van der Waals surface area contributed by atoms with Crippen LogP contribution >= 0.6 is 0 Å². The van der Waals surface area contributed by atoms with Gasteiger partial charge in [0.1, 0.15) is 13.2 Å². The highest BCUT2D eigenvalue weighted by Gasteiger charge is 2.19. The zero-order valence-electron chi connectivity index (χ0n) is 53.0. The van der Waals surface area contributed by atoms with Crippen molar-refractivity contribution >= 4 is 17.9 Å². The van der Waals surface area contributed by atoms with Gasteiger partial charge in [0.05, 0.1) is 0 Å². The Bertz CT molecular complexity index is 1670. The first kappa shape index (κ1) is 76.8. The minimum absolute atomic E-state index is 0.0963. The highest BCUT2D eigenvalue weighted by molar-refractivity contribution is 5.71. The SMILES string of the molecule is CC/C=C\C/C=C\C/C=C\C/C=C\C/C=C\CCCCCCCC(=O)OC(COC(=O)CCCCC/C=C\C/C=C\C/C=C\CC)COC(=O)CCCCCCCCCCCCCCCCCCC/C=C\C/C=C\CCCCCCC. The summed E-state index contributed by atoms with van der Waals surface area (Å²) in [4.78, 5) is 38.4. The molecule has 0 aromatic carbocycles. The van der Waals surface area contributed by atoms with Crippen molar-refractivity contribution in [2.75, 3.05) is 13.2 Å². The van der Waals surface area contributed by atoms with Crippen molar-refractivity contribution in [1.82, 2.24) is 0 Å². The summed E-state index contributed by atoms with van der Waals surface area (Å²) in [6.07, 6.45) is 95.1. The van der Waals surface area contributed by atoms with E-state index in [-0.39, 0.29) is 31.1 Å². The number of hydrogen-bond acceptors (Lipinski definition) is 6. The van der Waals surface area contributed by atoms with Crippen molar-refractivity contribution in [3.05, 3.63) is 122 Å². The average Bonchev–Trinajstić information content (AvgIpc) is 3.46. The molecular formula is C75H126O6. The van der Waals surface area contributed by atoms with Gasteiger partial charge in [-0.1, -0.05) is 290 Å². The van der Waals surface area contributed by atoms with Gasteiger partial charge < -0.3 is 14.2 Å². The van der Waals surface area contributed by atoms with Crippen LogP contribution in [0, 0.1) is 0 Å². The van der Waals surface area contributed by atoms with Gasteiger partial charge in [0.15, 0.2) is 6.10 Å². The summed E-state index contributed by atoms with van der Waals surface area (Å²) >= 11 is 0. The van der Waals surface area contributed by atoms with E-state index < -0.39 is 6.10 Å². The number of rotatable bonds is 61. The zero-order chi connectivity index (χ0) is 58.5. The van der Waals surface area contributed by atoms with E-state index in [1.807, 2.05) is 0 Å². The van der Waals surface area contributed by atoms with Gasteiger partial charge in [-0.2, -0.15) is 0 Å². The summed E-state index contributed by atoms with van der Waals surface area (Å²) in [7, 11) is 0. The van der Waals surface area contributed by atoms with Gasteiger partial charge in [0.2, 0.25) is 0 Å². The van der Waals surface area contributed by atoms with Gasteiger partial charge >= 0.3 is 17.9 Å². The van der Waals surface area contributed by atoms with E-state index in [1.165, 1.54) is 135 Å². The lowest BCUT2D eigenvalue weighted by atomic mass is 10.0. The van der Waals surface area contributed by atoms with E-state index in [0.29, 0.717) is 19.3 Å². The molecule has 0 heterocycles. The minimum Gasteiger partial charge on any atom is -0.462 e. The van der Waals surface area contributed by atoms with Gasteiger partial charge in [0.25, 0.3) is 0 Å². The van der Waals surface area contributed by atoms with Crippen LogP contribution in [0.15, 0.2) is 122 Å². The molecule has 0 spiro atoms. The number of allylic oxidation sites excluding steroid dienone is 20. The maximum atomic E-state index is 12.9. The lowest BCUT2D eigenvalue weighted by Crippen LogP contribution is -2.30. The van der Waals surface area contributed by atoms with Gasteiger partial charge in [0, 0.05) is 19.3 Å². The number of unbranched alkanes of at least 4 members (excludes halogenated alkanes) is 30. The summed E-state index contributed by atoms with van der Waals surface area (Å²) in [5.41, 5.74) is 0. The molecule has 6 heteroatoms. The Morgan fingerprint density at radius 1 is 0.259 bits per heavy atom. The van der Waals surface area contributed by atoms with Crippen molar-refractivity contribution in [2.24, 2.45) is 0 Å². The Balaban J connectivity index is 4.30. The van der Waals surface area contributed by atoms with Crippen molar-refractivity contribution in [1.29, 1.82) is 0 Å². The lowest BCUT2D eigenvalue weighted by molar-refractivity contribution is -0.167. The Kier molecular flexibility index (Phi) is 64.8. The van der Waals surface area contributed by atoms with E-state index in [0.717, 1.165) is 141 Å². The number of esters is 3. The summed E-state index contributed by atoms with van der Waals surface area (Å²) < 4.78 is 16.9. The molecule has 0 radical (unpaired) electrons. The van der Waals surface area contributed by atoms with E-state index >= 15 is 0 Å². The normalized spacial score (nSPS) is 12.9. The second-order valence-corrected chi connectivity index (χ2v) is 22.3. The summed E-state index contributed by atoms with van der Waals surface area (Å²) in [6, 6.07) is 0. The van der Waals surface area contributed by atoms with Crippen molar-refractivity contribution in [3.63, 3.8) is 0 Å². The van der Waals surface area contributed by atoms with Crippen LogP contribution in [-0.4, -0.2) is 37.2 Å². The first-order valence-electron chi connectivity index (χ1n) is 34.0. The molecule has 0 N–H and O–H groups in total. The molecule has 0 aliphatic heterocycles. The Morgan fingerprint density at radius 2 is 0.481 bits per heavy atom. The summed E-state index contributed by atoms with van der Waals surface area (Å²) in [5.74, 6) is -0.939. The first-order chi connectivity index (χ1) is 40.0. The van der Waals surface area contributed by atoms with Crippen molar-refractivity contribution in [3.8, 4) is 0 Å². The molecule has 0 aromatic heterocycles. The first-order valence-corrected chi connectivity index (χ1v) is 34.0. The standard InChI is InChI=1S/C75H126O6/c1-4-7-10-13-16-19-22-25-27-29-31-33-34-35-36-37-38-39-40-42-43-45-47-50-53-56-59-62-65-68-74(77)80-71-72(70-79-73(76)67-64-61-58-55-52-49-24-21-18-15-12-9-6-3)81-75(78)69-66-63-60-57-54-51-48-46-44-41-32-30-28-26-23-20-17-14-11-8-5-2/h8-9,11-12,17-18,20-22,25-26,28-29,31-32,41,46,48-49,52,72H,4-7,10,13-16,19,23-24,27,30,33-40,42-45,47,50-51,53-71H2,1-3H3/b11-8-,12-9-,20-17-,21-18-,25-22-,28-26-,31-29-,41-32-,48-46-,52-49-. The van der Waals surface area contributed by atoms with Gasteiger partial charge in [-0.3, -0.25) is 14.4 Å². The van der Waals surface area contributed by atoms with Crippen LogP contribution in [0.2, 0.25) is 0 Å². The molecule has 1 atom stereocenters. The topological polar surface area (TPSA) is 78.9 Å². The zero-order valence-corrected chi connectivity index (χ0v) is 53.0. The molecule has 1 unspecified atom stereocenters. The number of hydrogen-bond donors (Lipinski definition) is 0. The summed E-state index contributed by atoms with van der Waals surface area (Å²) in [5, 5.41) is 0. The molecule has 0 aliphatic carbocycles. The molecule has 0 saturated carbocycles. The molecule has 462 valence electrons. The van der Waals surface area contributed by atoms with Crippen LogP contribution < -0.4 is 0 Å². The molecule has 0 aliphatic rings. The van der Waals surface area contributed by atoms with Crippen molar-refractivity contribution in [2.45, 2.75) is 322 Å². The van der Waals surface area contributed by atoms with Gasteiger partial charge in [-0.25, -0.2) is 0 Å². The van der Waals surface area contributed by atoms with E-state index in [4.69, 9.17) is 14.2 Å². The molecule has 81 heavy (non-hydrogen) atoms. The third-order valence-corrected chi connectivity index (χ3v) is 14.4. The fourth-order valence-corrected chi connectivity index (χ4v) is 9.40. The molecule has 0 rings (SSSR count). The number of carbonyl (C=O) groups excluding carboxylic acids is 3. The van der Waals surface area contributed by atoms with Crippen LogP contribution in [0.1, 0.15) is 316 Å². The highest BCUT2D eigenvalue weighted by Crippen LogP contribution is 2.17. The van der Waals surface area contributed by atoms with Crippen LogP contribution in [0.5, 0.6) is 0 Å². The Labute approximate surface area is 501 Å². The molecule has 6 nitrogen and oxygen atoms in total. The van der Waals surface area contributed by atoms with Crippen molar-refractivity contribution < 1.29 is 28.6 Å². The minimum atomic E-state index is -0.805. The molecular weight excluding hydrogens is 997 g/mol. The quantitative estimate of drug-likeness (QED) is 0.0261. The third-order valence-electron chi connectivity index (χ3n) is 14.4. The monoisotopic (exact) mass is 1120 g/mol. The number of carbonyl (C=O) groups is 3. The molecule has 0 bridgehead atoms. The highest BCUT2D eigenvalue weighted by atomic mass is 16.6. The molecule has 0 fully saturated rings. The Morgan fingerprint density at radius 3 is 0.765 bits per heavy atom. The number of ether oxygens (including phenoxy) is 3. The van der Waals surface area contributed by atoms with Crippen LogP contribution in [0.4, 0.5) is 0 Å². The average molecular weight is 1120 g/mol. The maximum Gasteiger partial charge on any atom is 0.306 e. The van der Waals surface area contributed by atoms with Crippen LogP contribution in [-0.2, 0) is 28.6 Å². The molecule has 0 amide bonds. The molecule has 0 saturated heterocycles. The predicted octanol–water partition coefficient (Wildman–Crippen LogP) is 23.6. The van der Waals surface area contributed by atoms with E-state index in [1.54, 1.807) is 0 Å². The Hall–Kier alpha value is -4.19. The van der Waals surface area contributed by atoms with Gasteiger partial charge in [-0.15, -0.1) is 0 Å². The lowest BCUT2D eigenvalue weighted by Gasteiger charge is -2.18. The van der Waals surface area contributed by atoms with E-state index in [9.17, 15) is 14.4 Å². The largest absolute Gasteiger partial charge is 0.462 e. The van der Waals surface area contributed by atoms with Crippen LogP contribution in [0.25, 0.3) is 0 Å².